The smallest absolute Gasteiger partial charge is 0.254 e. The first-order valence-corrected chi connectivity index (χ1v) is 14.3. The maximum absolute atomic E-state index is 13.8. The second-order valence-corrected chi connectivity index (χ2v) is 10.8. The lowest BCUT2D eigenvalue weighted by molar-refractivity contribution is 0.0412. The molecule has 1 N–H and O–H groups in total. The SMILES string of the molecule is O=C(c1ccccc1)N1CCC(N2CCN(C(=O)c3cc(-c4ccccc4)nc(-c4cccc(O)c4)c3)CC2)CC1. The highest BCUT2D eigenvalue weighted by Crippen LogP contribution is 2.28. The van der Waals surface area contributed by atoms with Gasteiger partial charge in [0.25, 0.3) is 11.8 Å². The van der Waals surface area contributed by atoms with E-state index >= 15 is 0 Å². The lowest BCUT2D eigenvalue weighted by Crippen LogP contribution is -2.54. The Morgan fingerprint density at radius 3 is 1.83 bits per heavy atom. The van der Waals surface area contributed by atoms with Crippen LogP contribution in [0.25, 0.3) is 22.5 Å². The number of aromatic nitrogens is 1. The first-order chi connectivity index (χ1) is 20.0. The molecule has 41 heavy (non-hydrogen) atoms. The largest absolute Gasteiger partial charge is 0.508 e. The molecule has 2 aliphatic heterocycles. The molecule has 0 aliphatic carbocycles. The van der Waals surface area contributed by atoms with Crippen LogP contribution in [-0.4, -0.2) is 81.9 Å². The molecular formula is C34H34N4O3. The fourth-order valence-corrected chi connectivity index (χ4v) is 5.89. The topological polar surface area (TPSA) is 77.0 Å². The van der Waals surface area contributed by atoms with E-state index in [1.54, 1.807) is 18.2 Å². The summed E-state index contributed by atoms with van der Waals surface area (Å²) < 4.78 is 0. The number of amides is 2. The fraction of sp³-hybridized carbons (Fsp3) is 0.265. The fourth-order valence-electron chi connectivity index (χ4n) is 5.89. The first kappa shape index (κ1) is 26.7. The molecule has 2 amide bonds. The van der Waals surface area contributed by atoms with Crippen molar-refractivity contribution in [3.63, 3.8) is 0 Å². The molecule has 0 saturated carbocycles. The van der Waals surface area contributed by atoms with Crippen LogP contribution in [0.2, 0.25) is 0 Å². The molecule has 3 aromatic carbocycles. The summed E-state index contributed by atoms with van der Waals surface area (Å²) in [7, 11) is 0. The van der Waals surface area contributed by atoms with Gasteiger partial charge in [0.2, 0.25) is 0 Å². The molecule has 2 fully saturated rings. The van der Waals surface area contributed by atoms with Crippen molar-refractivity contribution < 1.29 is 14.7 Å². The van der Waals surface area contributed by atoms with Crippen molar-refractivity contribution in [3.05, 3.63) is 108 Å². The number of phenolic OH excluding ortho intramolecular Hbond substituents is 1. The zero-order valence-corrected chi connectivity index (χ0v) is 23.0. The van der Waals surface area contributed by atoms with Crippen LogP contribution in [0.3, 0.4) is 0 Å². The number of nitrogens with zero attached hydrogens (tertiary/aromatic N) is 4. The molecule has 2 aliphatic rings. The molecule has 0 spiro atoms. The van der Waals surface area contributed by atoms with Crippen molar-refractivity contribution in [1.29, 1.82) is 0 Å². The van der Waals surface area contributed by atoms with E-state index in [1.807, 2.05) is 88.7 Å². The number of pyridine rings is 1. The molecule has 208 valence electrons. The van der Waals surface area contributed by atoms with Crippen molar-refractivity contribution in [2.24, 2.45) is 0 Å². The van der Waals surface area contributed by atoms with E-state index in [0.717, 1.165) is 61.4 Å². The highest BCUT2D eigenvalue weighted by molar-refractivity contribution is 5.96. The zero-order chi connectivity index (χ0) is 28.2. The Balaban J connectivity index is 1.12. The molecule has 7 nitrogen and oxygen atoms in total. The van der Waals surface area contributed by atoms with Gasteiger partial charge in [0.15, 0.2) is 0 Å². The van der Waals surface area contributed by atoms with Crippen LogP contribution in [0.5, 0.6) is 5.75 Å². The van der Waals surface area contributed by atoms with Gasteiger partial charge in [0, 0.05) is 67.6 Å². The second kappa shape index (κ2) is 11.9. The standard InChI is InChI=1S/C34H34N4O3/c39-30-13-7-12-27(22-30)32-24-28(23-31(35-32)25-8-3-1-4-9-25)34(41)38-20-18-36(19-21-38)29-14-16-37(17-15-29)33(40)26-10-5-2-6-11-26/h1-13,22-24,29,39H,14-21H2. The summed E-state index contributed by atoms with van der Waals surface area (Å²) in [5.41, 5.74) is 4.42. The summed E-state index contributed by atoms with van der Waals surface area (Å²) in [5.74, 6) is 0.263. The number of likely N-dealkylation sites (tertiary alicyclic amines) is 1. The van der Waals surface area contributed by atoms with Crippen molar-refractivity contribution in [3.8, 4) is 28.3 Å². The highest BCUT2D eigenvalue weighted by atomic mass is 16.3. The van der Waals surface area contributed by atoms with Crippen LogP contribution >= 0.6 is 0 Å². The maximum atomic E-state index is 13.8. The van der Waals surface area contributed by atoms with E-state index in [9.17, 15) is 14.7 Å². The summed E-state index contributed by atoms with van der Waals surface area (Å²) in [6.45, 7) is 4.47. The van der Waals surface area contributed by atoms with Gasteiger partial charge in [-0.05, 0) is 49.2 Å². The van der Waals surface area contributed by atoms with Gasteiger partial charge >= 0.3 is 0 Å². The van der Waals surface area contributed by atoms with Crippen molar-refractivity contribution >= 4 is 11.8 Å². The molecule has 2 saturated heterocycles. The summed E-state index contributed by atoms with van der Waals surface area (Å²) >= 11 is 0. The predicted octanol–water partition coefficient (Wildman–Crippen LogP) is 5.18. The van der Waals surface area contributed by atoms with Crippen molar-refractivity contribution in [2.75, 3.05) is 39.3 Å². The molecule has 0 radical (unpaired) electrons. The maximum Gasteiger partial charge on any atom is 0.254 e. The molecule has 0 unspecified atom stereocenters. The number of aromatic hydroxyl groups is 1. The number of carbonyl (C=O) groups excluding carboxylic acids is 2. The van der Waals surface area contributed by atoms with Crippen LogP contribution in [0.1, 0.15) is 33.6 Å². The number of benzene rings is 3. The third-order valence-electron chi connectivity index (χ3n) is 8.17. The number of phenols is 1. The third-order valence-corrected chi connectivity index (χ3v) is 8.17. The van der Waals surface area contributed by atoms with Crippen molar-refractivity contribution in [1.82, 2.24) is 19.7 Å². The minimum absolute atomic E-state index is 0.00564. The number of carbonyl (C=O) groups is 2. The van der Waals surface area contributed by atoms with Crippen LogP contribution in [0, 0.1) is 0 Å². The van der Waals surface area contributed by atoms with Crippen LogP contribution < -0.4 is 0 Å². The highest BCUT2D eigenvalue weighted by Gasteiger charge is 2.31. The number of rotatable bonds is 5. The van der Waals surface area contributed by atoms with Gasteiger partial charge in [-0.3, -0.25) is 14.5 Å². The molecule has 6 rings (SSSR count). The van der Waals surface area contributed by atoms with E-state index < -0.39 is 0 Å². The molecule has 0 bridgehead atoms. The summed E-state index contributed by atoms with van der Waals surface area (Å²) in [4.78, 5) is 37.8. The van der Waals surface area contributed by atoms with Gasteiger partial charge in [-0.15, -0.1) is 0 Å². The van der Waals surface area contributed by atoms with E-state index in [1.165, 1.54) is 0 Å². The zero-order valence-electron chi connectivity index (χ0n) is 23.0. The van der Waals surface area contributed by atoms with Crippen LogP contribution in [0.15, 0.2) is 97.1 Å². The lowest BCUT2D eigenvalue weighted by Gasteiger charge is -2.42. The minimum Gasteiger partial charge on any atom is -0.508 e. The predicted molar refractivity (Wildman–Crippen MR) is 160 cm³/mol. The number of piperazine rings is 1. The average Bonchev–Trinajstić information content (AvgIpc) is 3.05. The molecule has 7 heteroatoms. The minimum atomic E-state index is -0.00564. The van der Waals surface area contributed by atoms with Gasteiger partial charge in [-0.1, -0.05) is 60.7 Å². The average molecular weight is 547 g/mol. The molecule has 4 aromatic rings. The Morgan fingerprint density at radius 2 is 1.17 bits per heavy atom. The Kier molecular flexibility index (Phi) is 7.78. The Bertz CT molecular complexity index is 1510. The summed E-state index contributed by atoms with van der Waals surface area (Å²) in [6, 6.07) is 30.4. The normalized spacial score (nSPS) is 16.5. The lowest BCUT2D eigenvalue weighted by atomic mass is 10.0. The van der Waals surface area contributed by atoms with Crippen molar-refractivity contribution in [2.45, 2.75) is 18.9 Å². The van der Waals surface area contributed by atoms with Crippen LogP contribution in [-0.2, 0) is 0 Å². The Hall–Kier alpha value is -4.49. The summed E-state index contributed by atoms with van der Waals surface area (Å²) in [6.07, 6.45) is 1.90. The summed E-state index contributed by atoms with van der Waals surface area (Å²) in [5, 5.41) is 10.0. The van der Waals surface area contributed by atoms with E-state index in [-0.39, 0.29) is 17.6 Å². The Morgan fingerprint density at radius 1 is 0.610 bits per heavy atom. The van der Waals surface area contributed by atoms with Gasteiger partial charge in [0.05, 0.1) is 11.4 Å². The van der Waals surface area contributed by atoms with Gasteiger partial charge < -0.3 is 14.9 Å². The van der Waals surface area contributed by atoms with Gasteiger partial charge in [-0.2, -0.15) is 0 Å². The van der Waals surface area contributed by atoms with E-state index in [2.05, 4.69) is 4.90 Å². The number of hydrogen-bond acceptors (Lipinski definition) is 5. The molecule has 1 aromatic heterocycles. The monoisotopic (exact) mass is 546 g/mol. The van der Waals surface area contributed by atoms with E-state index in [0.29, 0.717) is 30.4 Å². The molecular weight excluding hydrogens is 512 g/mol. The quantitative estimate of drug-likeness (QED) is 0.373. The molecule has 0 atom stereocenters. The third kappa shape index (κ3) is 6.00. The van der Waals surface area contributed by atoms with E-state index in [4.69, 9.17) is 4.98 Å². The number of hydrogen-bond donors (Lipinski definition) is 1. The molecule has 3 heterocycles. The Labute approximate surface area is 240 Å². The number of piperidine rings is 1. The van der Waals surface area contributed by atoms with Gasteiger partial charge in [0.1, 0.15) is 5.75 Å². The second-order valence-electron chi connectivity index (χ2n) is 10.8. The van der Waals surface area contributed by atoms with Crippen LogP contribution in [0.4, 0.5) is 0 Å². The first-order valence-electron chi connectivity index (χ1n) is 14.3. The van der Waals surface area contributed by atoms with Gasteiger partial charge in [-0.25, -0.2) is 4.98 Å².